The lowest BCUT2D eigenvalue weighted by Gasteiger charge is -2.08. The predicted octanol–water partition coefficient (Wildman–Crippen LogP) is 3.49. The van der Waals surface area contributed by atoms with E-state index >= 15 is 0 Å². The van der Waals surface area contributed by atoms with E-state index in [-0.39, 0.29) is 12.5 Å². The van der Waals surface area contributed by atoms with Crippen molar-refractivity contribution in [2.45, 2.75) is 20.0 Å². The number of carbonyl (C=O) groups is 1. The summed E-state index contributed by atoms with van der Waals surface area (Å²) < 4.78 is 7.06. The van der Waals surface area contributed by atoms with Gasteiger partial charge in [-0.1, -0.05) is 35.5 Å². The van der Waals surface area contributed by atoms with Gasteiger partial charge in [0.1, 0.15) is 0 Å². The Morgan fingerprint density at radius 1 is 1.06 bits per heavy atom. The summed E-state index contributed by atoms with van der Waals surface area (Å²) in [5.41, 5.74) is 3.57. The van der Waals surface area contributed by atoms with E-state index in [1.54, 1.807) is 41.5 Å². The number of aromatic nitrogens is 6. The van der Waals surface area contributed by atoms with Crippen LogP contribution in [0.4, 0.5) is 0 Å². The van der Waals surface area contributed by atoms with Crippen molar-refractivity contribution in [3.63, 3.8) is 0 Å². The van der Waals surface area contributed by atoms with E-state index in [1.807, 2.05) is 37.3 Å². The first-order chi connectivity index (χ1) is 15.7. The number of benzene rings is 1. The molecule has 0 radical (unpaired) electrons. The van der Waals surface area contributed by atoms with E-state index in [9.17, 15) is 4.79 Å². The van der Waals surface area contributed by atoms with Gasteiger partial charge in [0, 0.05) is 30.1 Å². The molecule has 0 bridgehead atoms. The van der Waals surface area contributed by atoms with Crippen molar-refractivity contribution in [1.82, 2.24) is 35.2 Å². The van der Waals surface area contributed by atoms with Crippen molar-refractivity contribution in [1.29, 1.82) is 0 Å². The van der Waals surface area contributed by atoms with Gasteiger partial charge < -0.3 is 9.84 Å². The highest BCUT2D eigenvalue weighted by Crippen LogP contribution is 2.25. The third-order valence-corrected chi connectivity index (χ3v) is 5.03. The summed E-state index contributed by atoms with van der Waals surface area (Å²) in [5.74, 6) is 0.482. The lowest BCUT2D eigenvalue weighted by molar-refractivity contribution is 0.0948. The topological polar surface area (TPSA) is 112 Å². The summed E-state index contributed by atoms with van der Waals surface area (Å²) in [7, 11) is 0. The van der Waals surface area contributed by atoms with Crippen LogP contribution in [0, 0.1) is 0 Å². The first-order valence-corrected chi connectivity index (χ1v) is 10.2. The van der Waals surface area contributed by atoms with Crippen molar-refractivity contribution in [2.75, 3.05) is 0 Å². The number of carbonyl (C=O) groups excluding carboxylic acids is 1. The fourth-order valence-electron chi connectivity index (χ4n) is 3.42. The molecule has 1 aromatic carbocycles. The molecule has 1 N–H and O–H groups in total. The van der Waals surface area contributed by atoms with Crippen LogP contribution in [-0.2, 0) is 13.1 Å². The van der Waals surface area contributed by atoms with E-state index in [4.69, 9.17) is 9.51 Å². The van der Waals surface area contributed by atoms with E-state index in [0.29, 0.717) is 40.6 Å². The maximum absolute atomic E-state index is 13.1. The van der Waals surface area contributed by atoms with E-state index in [0.717, 1.165) is 11.1 Å². The number of rotatable bonds is 6. The van der Waals surface area contributed by atoms with Gasteiger partial charge in [-0.25, -0.2) is 9.67 Å². The van der Waals surface area contributed by atoms with Crippen LogP contribution in [0.2, 0.25) is 0 Å². The van der Waals surface area contributed by atoms with Crippen LogP contribution in [0.1, 0.15) is 23.2 Å². The van der Waals surface area contributed by atoms with Gasteiger partial charge in [-0.15, -0.1) is 0 Å². The molecule has 9 nitrogen and oxygen atoms in total. The monoisotopic (exact) mass is 425 g/mol. The van der Waals surface area contributed by atoms with E-state index < -0.39 is 0 Å². The minimum Gasteiger partial charge on any atom is -0.343 e. The van der Waals surface area contributed by atoms with Crippen LogP contribution >= 0.6 is 0 Å². The largest absolute Gasteiger partial charge is 0.343 e. The van der Waals surface area contributed by atoms with Crippen LogP contribution in [0.25, 0.3) is 33.7 Å². The molecule has 9 heteroatoms. The fourth-order valence-corrected chi connectivity index (χ4v) is 3.42. The van der Waals surface area contributed by atoms with Crippen LogP contribution < -0.4 is 5.32 Å². The van der Waals surface area contributed by atoms with Crippen LogP contribution in [0.3, 0.4) is 0 Å². The summed E-state index contributed by atoms with van der Waals surface area (Å²) in [4.78, 5) is 26.2. The maximum Gasteiger partial charge on any atom is 0.252 e. The quantitative estimate of drug-likeness (QED) is 0.443. The zero-order chi connectivity index (χ0) is 21.9. The average Bonchev–Trinajstić information content (AvgIpc) is 3.50. The Hall–Kier alpha value is -4.40. The van der Waals surface area contributed by atoms with Crippen LogP contribution in [-0.4, -0.2) is 35.8 Å². The van der Waals surface area contributed by atoms with Crippen molar-refractivity contribution in [3.8, 4) is 22.6 Å². The highest BCUT2D eigenvalue weighted by molar-refractivity contribution is 6.06. The molecule has 0 spiro atoms. The molecule has 0 unspecified atom stereocenters. The summed E-state index contributed by atoms with van der Waals surface area (Å²) >= 11 is 0. The Morgan fingerprint density at radius 3 is 2.66 bits per heavy atom. The van der Waals surface area contributed by atoms with Gasteiger partial charge in [0.25, 0.3) is 5.91 Å². The molecule has 0 aliphatic heterocycles. The van der Waals surface area contributed by atoms with Gasteiger partial charge in [-0.3, -0.25) is 9.78 Å². The van der Waals surface area contributed by atoms with Gasteiger partial charge >= 0.3 is 0 Å². The minimum absolute atomic E-state index is 0.101. The average molecular weight is 425 g/mol. The summed E-state index contributed by atoms with van der Waals surface area (Å²) in [5, 5.41) is 11.9. The molecular formula is C23H19N7O2. The normalized spacial score (nSPS) is 11.0. The zero-order valence-electron chi connectivity index (χ0n) is 17.3. The van der Waals surface area contributed by atoms with Crippen molar-refractivity contribution < 1.29 is 9.32 Å². The van der Waals surface area contributed by atoms with Gasteiger partial charge in [-0.2, -0.15) is 10.1 Å². The van der Waals surface area contributed by atoms with Crippen LogP contribution in [0.15, 0.2) is 71.6 Å². The first kappa shape index (κ1) is 19.6. The number of fused-ring (bicyclic) bond motifs is 1. The molecule has 0 atom stereocenters. The third kappa shape index (κ3) is 3.71. The van der Waals surface area contributed by atoms with E-state index in [1.165, 1.54) is 0 Å². The molecule has 158 valence electrons. The Balaban J connectivity index is 1.43. The smallest absolute Gasteiger partial charge is 0.252 e. The molecule has 0 saturated heterocycles. The number of nitrogens with one attached hydrogen (secondary N) is 1. The summed E-state index contributed by atoms with van der Waals surface area (Å²) in [6, 6.07) is 15.1. The minimum atomic E-state index is -0.270. The molecule has 0 fully saturated rings. The SMILES string of the molecule is CCn1ncc2c(C(=O)NCc3nc(-c4ccncc4)no3)cc(-c3ccccc3)nc21. The number of hydrogen-bond donors (Lipinski definition) is 1. The molecule has 5 rings (SSSR count). The number of nitrogens with zero attached hydrogens (tertiary/aromatic N) is 6. The number of aryl methyl sites for hydroxylation is 1. The second-order valence-electron chi connectivity index (χ2n) is 7.05. The standard InChI is InChI=1S/C23H19N7O2/c1-2-30-22-18(13-26-30)17(12-19(27-22)15-6-4-3-5-7-15)23(31)25-14-20-28-21(29-32-20)16-8-10-24-11-9-16/h3-13H,2,14H2,1H3,(H,25,31). The van der Waals surface area contributed by atoms with E-state index in [2.05, 4.69) is 25.5 Å². The number of pyridine rings is 2. The molecule has 4 aromatic heterocycles. The predicted molar refractivity (Wildman–Crippen MR) is 117 cm³/mol. The highest BCUT2D eigenvalue weighted by Gasteiger charge is 2.18. The Kier molecular flexibility index (Phi) is 5.12. The Bertz CT molecular complexity index is 1380. The first-order valence-electron chi connectivity index (χ1n) is 10.2. The van der Waals surface area contributed by atoms with Gasteiger partial charge in [0.2, 0.25) is 11.7 Å². The maximum atomic E-state index is 13.1. The molecular weight excluding hydrogens is 406 g/mol. The molecule has 0 saturated carbocycles. The van der Waals surface area contributed by atoms with Crippen molar-refractivity contribution >= 4 is 16.9 Å². The summed E-state index contributed by atoms with van der Waals surface area (Å²) in [6.45, 7) is 2.73. The molecule has 0 aliphatic rings. The lowest BCUT2D eigenvalue weighted by Crippen LogP contribution is -2.23. The zero-order valence-corrected chi connectivity index (χ0v) is 17.3. The van der Waals surface area contributed by atoms with Crippen molar-refractivity contribution in [2.24, 2.45) is 0 Å². The second-order valence-corrected chi connectivity index (χ2v) is 7.05. The molecule has 4 heterocycles. The summed E-state index contributed by atoms with van der Waals surface area (Å²) in [6.07, 6.45) is 4.98. The fraction of sp³-hybridized carbons (Fsp3) is 0.130. The highest BCUT2D eigenvalue weighted by atomic mass is 16.5. The molecule has 0 aliphatic carbocycles. The lowest BCUT2D eigenvalue weighted by atomic mass is 10.1. The second kappa shape index (κ2) is 8.38. The molecule has 5 aromatic rings. The molecule has 1 amide bonds. The Labute approximate surface area is 183 Å². The van der Waals surface area contributed by atoms with Crippen LogP contribution in [0.5, 0.6) is 0 Å². The third-order valence-electron chi connectivity index (χ3n) is 5.03. The number of hydrogen-bond acceptors (Lipinski definition) is 7. The van der Waals surface area contributed by atoms with Gasteiger partial charge in [-0.05, 0) is 25.1 Å². The Morgan fingerprint density at radius 2 is 1.88 bits per heavy atom. The van der Waals surface area contributed by atoms with Crippen molar-refractivity contribution in [3.05, 3.63) is 78.6 Å². The van der Waals surface area contributed by atoms with Gasteiger partial charge in [0.05, 0.1) is 29.4 Å². The van der Waals surface area contributed by atoms with Gasteiger partial charge in [0.15, 0.2) is 5.65 Å². The molecule has 32 heavy (non-hydrogen) atoms. The number of amides is 1.